The van der Waals surface area contributed by atoms with Crippen molar-refractivity contribution in [3.8, 4) is 17.2 Å². The molecule has 1 amide bonds. The molecule has 1 fully saturated rings. The third-order valence-electron chi connectivity index (χ3n) is 4.61. The van der Waals surface area contributed by atoms with E-state index in [-0.39, 0.29) is 5.91 Å². The van der Waals surface area contributed by atoms with Crippen molar-refractivity contribution in [3.05, 3.63) is 58.5 Å². The lowest BCUT2D eigenvalue weighted by Crippen LogP contribution is -2.30. The van der Waals surface area contributed by atoms with Gasteiger partial charge in [-0.1, -0.05) is 55.2 Å². The van der Waals surface area contributed by atoms with E-state index in [1.165, 1.54) is 11.8 Å². The summed E-state index contributed by atoms with van der Waals surface area (Å²) in [5.41, 5.74) is 1.93. The van der Waals surface area contributed by atoms with Gasteiger partial charge >= 0.3 is 0 Å². The maximum Gasteiger partial charge on any atom is 0.266 e. The summed E-state index contributed by atoms with van der Waals surface area (Å²) in [6, 6.07) is 13.5. The number of rotatable bonds is 9. The van der Waals surface area contributed by atoms with E-state index in [1.54, 1.807) is 19.1 Å². The maximum absolute atomic E-state index is 13.0. The predicted octanol–water partition coefficient (Wildman–Crippen LogP) is 4.94. The van der Waals surface area contributed by atoms with Crippen LogP contribution in [0.2, 0.25) is 0 Å². The number of carbonyl (C=O) groups excluding carboxylic acids is 1. The first kappa shape index (κ1) is 22.2. The van der Waals surface area contributed by atoms with E-state index >= 15 is 0 Å². The summed E-state index contributed by atoms with van der Waals surface area (Å²) in [6.07, 6.45) is 3.45. The summed E-state index contributed by atoms with van der Waals surface area (Å²) in [6.45, 7) is 3.20. The summed E-state index contributed by atoms with van der Waals surface area (Å²) in [5.74, 6) is 2.05. The van der Waals surface area contributed by atoms with Gasteiger partial charge in [0, 0.05) is 12.1 Å². The second-order valence-electron chi connectivity index (χ2n) is 6.66. The normalized spacial score (nSPS) is 15.0. The zero-order valence-electron chi connectivity index (χ0n) is 17.3. The van der Waals surface area contributed by atoms with Gasteiger partial charge in [0.1, 0.15) is 10.1 Å². The molecule has 2 aromatic carbocycles. The van der Waals surface area contributed by atoms with Gasteiger partial charge in [-0.2, -0.15) is 0 Å². The molecule has 2 aromatic rings. The molecule has 1 heterocycles. The average Bonchev–Trinajstić information content (AvgIpc) is 3.03. The van der Waals surface area contributed by atoms with Gasteiger partial charge in [0.05, 0.1) is 25.7 Å². The van der Waals surface area contributed by atoms with Crippen LogP contribution in [0.5, 0.6) is 17.2 Å². The SMILES string of the molecule is CCCOc1ccccc1/C=C1\SC(=S)N(CCc2ccc(OC)c(OC)c2)C1=O. The van der Waals surface area contributed by atoms with Crippen LogP contribution < -0.4 is 14.2 Å². The van der Waals surface area contributed by atoms with Crippen LogP contribution in [0.4, 0.5) is 0 Å². The molecule has 0 aliphatic carbocycles. The number of hydrogen-bond donors (Lipinski definition) is 0. The van der Waals surface area contributed by atoms with E-state index in [0.717, 1.165) is 23.3 Å². The van der Waals surface area contributed by atoms with E-state index in [9.17, 15) is 4.79 Å². The summed E-state index contributed by atoms with van der Waals surface area (Å²) in [5, 5.41) is 0. The van der Waals surface area contributed by atoms with E-state index in [2.05, 4.69) is 6.92 Å². The Morgan fingerprint density at radius 1 is 1.07 bits per heavy atom. The maximum atomic E-state index is 13.0. The highest BCUT2D eigenvalue weighted by Crippen LogP contribution is 2.35. The Labute approximate surface area is 187 Å². The lowest BCUT2D eigenvalue weighted by Gasteiger charge is -2.15. The molecule has 1 saturated heterocycles. The van der Waals surface area contributed by atoms with Gasteiger partial charge in [0.15, 0.2) is 11.5 Å². The van der Waals surface area contributed by atoms with E-state index in [0.29, 0.717) is 40.3 Å². The van der Waals surface area contributed by atoms with Crippen molar-refractivity contribution in [2.75, 3.05) is 27.4 Å². The highest BCUT2D eigenvalue weighted by atomic mass is 32.2. The van der Waals surface area contributed by atoms with Crippen molar-refractivity contribution in [2.24, 2.45) is 0 Å². The molecular formula is C23H25NO4S2. The Kier molecular flexibility index (Phi) is 7.76. The lowest BCUT2D eigenvalue weighted by molar-refractivity contribution is -0.122. The van der Waals surface area contributed by atoms with Gasteiger partial charge in [-0.15, -0.1) is 0 Å². The van der Waals surface area contributed by atoms with Gasteiger partial charge in [0.25, 0.3) is 5.91 Å². The van der Waals surface area contributed by atoms with Gasteiger partial charge < -0.3 is 14.2 Å². The molecule has 30 heavy (non-hydrogen) atoms. The highest BCUT2D eigenvalue weighted by Gasteiger charge is 2.31. The minimum absolute atomic E-state index is 0.0734. The summed E-state index contributed by atoms with van der Waals surface area (Å²) in [4.78, 5) is 15.2. The monoisotopic (exact) mass is 443 g/mol. The molecule has 0 atom stereocenters. The molecule has 0 bridgehead atoms. The Bertz CT molecular complexity index is 958. The molecule has 158 valence electrons. The van der Waals surface area contributed by atoms with Crippen LogP contribution in [0.3, 0.4) is 0 Å². The molecule has 0 unspecified atom stereocenters. The van der Waals surface area contributed by atoms with Gasteiger partial charge in [-0.05, 0) is 42.7 Å². The zero-order chi connectivity index (χ0) is 21.5. The quantitative estimate of drug-likeness (QED) is 0.404. The first-order valence-corrected chi connectivity index (χ1v) is 11.0. The minimum atomic E-state index is -0.0734. The molecule has 3 rings (SSSR count). The molecule has 0 aromatic heterocycles. The Balaban J connectivity index is 1.72. The Morgan fingerprint density at radius 2 is 1.83 bits per heavy atom. The largest absolute Gasteiger partial charge is 0.493 e. The third kappa shape index (κ3) is 5.15. The second-order valence-corrected chi connectivity index (χ2v) is 8.33. The lowest BCUT2D eigenvalue weighted by atomic mass is 10.1. The molecule has 5 nitrogen and oxygen atoms in total. The number of methoxy groups -OCH3 is 2. The minimum Gasteiger partial charge on any atom is -0.493 e. The van der Waals surface area contributed by atoms with Gasteiger partial charge in [-0.25, -0.2) is 0 Å². The standard InChI is InChI=1S/C23H25NO4S2/c1-4-13-28-18-8-6-5-7-17(18)15-21-22(25)24(23(29)30-21)12-11-16-9-10-19(26-2)20(14-16)27-3/h5-10,14-15H,4,11-13H2,1-3H3/b21-15-. The zero-order valence-corrected chi connectivity index (χ0v) is 19.0. The van der Waals surface area contributed by atoms with Crippen LogP contribution in [-0.2, 0) is 11.2 Å². The Hall–Kier alpha value is -2.51. The van der Waals surface area contributed by atoms with Crippen molar-refractivity contribution < 1.29 is 19.0 Å². The van der Waals surface area contributed by atoms with E-state index in [4.69, 9.17) is 26.4 Å². The van der Waals surface area contributed by atoms with Crippen LogP contribution in [0.15, 0.2) is 47.4 Å². The van der Waals surface area contributed by atoms with Gasteiger partial charge in [0.2, 0.25) is 0 Å². The van der Waals surface area contributed by atoms with Crippen LogP contribution in [-0.4, -0.2) is 42.5 Å². The van der Waals surface area contributed by atoms with Crippen molar-refractivity contribution in [1.82, 2.24) is 4.90 Å². The predicted molar refractivity (Wildman–Crippen MR) is 125 cm³/mol. The highest BCUT2D eigenvalue weighted by molar-refractivity contribution is 8.26. The number of thioether (sulfide) groups is 1. The molecule has 0 spiro atoms. The van der Waals surface area contributed by atoms with Crippen LogP contribution >= 0.6 is 24.0 Å². The van der Waals surface area contributed by atoms with Crippen molar-refractivity contribution in [1.29, 1.82) is 0 Å². The van der Waals surface area contributed by atoms with E-state index in [1.807, 2.05) is 48.5 Å². The van der Waals surface area contributed by atoms with Crippen molar-refractivity contribution in [3.63, 3.8) is 0 Å². The average molecular weight is 444 g/mol. The number of carbonyl (C=O) groups is 1. The fraction of sp³-hybridized carbons (Fsp3) is 0.304. The summed E-state index contributed by atoms with van der Waals surface area (Å²) >= 11 is 6.80. The molecule has 0 radical (unpaired) electrons. The molecule has 1 aliphatic rings. The fourth-order valence-corrected chi connectivity index (χ4v) is 4.35. The third-order valence-corrected chi connectivity index (χ3v) is 5.99. The smallest absolute Gasteiger partial charge is 0.266 e. The number of para-hydroxylation sites is 1. The van der Waals surface area contributed by atoms with Crippen molar-refractivity contribution in [2.45, 2.75) is 19.8 Å². The van der Waals surface area contributed by atoms with Crippen molar-refractivity contribution >= 4 is 40.3 Å². The number of benzene rings is 2. The molecular weight excluding hydrogens is 418 g/mol. The second kappa shape index (κ2) is 10.5. The van der Waals surface area contributed by atoms with Gasteiger partial charge in [-0.3, -0.25) is 9.69 Å². The Morgan fingerprint density at radius 3 is 2.57 bits per heavy atom. The van der Waals surface area contributed by atoms with Crippen LogP contribution in [0.1, 0.15) is 24.5 Å². The summed E-state index contributed by atoms with van der Waals surface area (Å²) in [7, 11) is 3.21. The molecule has 0 N–H and O–H groups in total. The first-order chi connectivity index (χ1) is 14.6. The number of thiocarbonyl (C=S) groups is 1. The molecule has 0 saturated carbocycles. The summed E-state index contributed by atoms with van der Waals surface area (Å²) < 4.78 is 17.0. The topological polar surface area (TPSA) is 48.0 Å². The number of ether oxygens (including phenoxy) is 3. The fourth-order valence-electron chi connectivity index (χ4n) is 3.05. The molecule has 7 heteroatoms. The first-order valence-electron chi connectivity index (χ1n) is 9.75. The van der Waals surface area contributed by atoms with Crippen LogP contribution in [0.25, 0.3) is 6.08 Å². The van der Waals surface area contributed by atoms with Crippen LogP contribution in [0, 0.1) is 0 Å². The van der Waals surface area contributed by atoms with E-state index < -0.39 is 0 Å². The molecule has 1 aliphatic heterocycles. The number of amides is 1. The number of nitrogens with zero attached hydrogens (tertiary/aromatic N) is 1. The number of hydrogen-bond acceptors (Lipinski definition) is 6.